The highest BCUT2D eigenvalue weighted by Gasteiger charge is 2.29. The number of benzene rings is 2. The Bertz CT molecular complexity index is 2200. The van der Waals surface area contributed by atoms with E-state index in [1.54, 1.807) is 28.0 Å². The number of para-hydroxylation sites is 1. The summed E-state index contributed by atoms with van der Waals surface area (Å²) >= 11 is 0. The Morgan fingerprint density at radius 3 is 2.58 bits per heavy atom. The number of nitrogens with one attached hydrogen (secondary N) is 3. The van der Waals surface area contributed by atoms with Crippen LogP contribution in [-0.4, -0.2) is 87.3 Å². The van der Waals surface area contributed by atoms with Crippen molar-refractivity contribution in [3.8, 4) is 0 Å². The fourth-order valence-electron chi connectivity index (χ4n) is 7.64. The highest BCUT2D eigenvalue weighted by molar-refractivity contribution is 6.06. The lowest BCUT2D eigenvalue weighted by molar-refractivity contribution is -0.120. The topological polar surface area (TPSA) is 150 Å². The van der Waals surface area contributed by atoms with Crippen molar-refractivity contribution in [2.75, 3.05) is 48.3 Å². The standard InChI is InChI=1S/C39H42N10O4/c1-25-20-40-38(52)34-19-27-9-12-32(43-36(27)49(25)34)37(51)42-29-21-41-47(24-29)22-26-7-10-31(11-8-26)46-16-13-30(14-17-46)45(2)23-28-5-3-4-6-33(28)48-18-15-35(50)44-39(48)53/h3-12,19,21,24-25,30H,13-18,20,22-23H2,1-2H3,(H,40,52)(H,42,51)(H,44,50,53)/t25-/m1/s1. The van der Waals surface area contributed by atoms with Crippen molar-refractivity contribution in [1.82, 2.24) is 34.9 Å². The van der Waals surface area contributed by atoms with Gasteiger partial charge in [-0.1, -0.05) is 30.3 Å². The van der Waals surface area contributed by atoms with Gasteiger partial charge in [-0.15, -0.1) is 0 Å². The van der Waals surface area contributed by atoms with Crippen LogP contribution in [0.3, 0.4) is 0 Å². The highest BCUT2D eigenvalue weighted by atomic mass is 16.2. The molecule has 0 radical (unpaired) electrons. The minimum atomic E-state index is -0.360. The van der Waals surface area contributed by atoms with Crippen molar-refractivity contribution < 1.29 is 19.2 Å². The number of carbonyl (C=O) groups is 4. The van der Waals surface area contributed by atoms with Gasteiger partial charge in [0.2, 0.25) is 5.91 Å². The number of imide groups is 1. The van der Waals surface area contributed by atoms with Crippen LogP contribution < -0.4 is 25.8 Å². The molecule has 2 fully saturated rings. The first-order valence-electron chi connectivity index (χ1n) is 18.1. The second kappa shape index (κ2) is 14.2. The summed E-state index contributed by atoms with van der Waals surface area (Å²) in [6, 6.07) is 21.9. The monoisotopic (exact) mass is 714 g/mol. The number of anilines is 3. The third-order valence-corrected chi connectivity index (χ3v) is 10.5. The van der Waals surface area contributed by atoms with E-state index in [1.807, 2.05) is 41.8 Å². The van der Waals surface area contributed by atoms with Crippen LogP contribution in [0.5, 0.6) is 0 Å². The van der Waals surface area contributed by atoms with Crippen LogP contribution in [0, 0.1) is 0 Å². The third kappa shape index (κ3) is 6.97. The van der Waals surface area contributed by atoms with Crippen molar-refractivity contribution >= 4 is 51.8 Å². The number of hydrogen-bond donors (Lipinski definition) is 3. The molecule has 14 heteroatoms. The highest BCUT2D eigenvalue weighted by Crippen LogP contribution is 2.28. The molecular weight excluding hydrogens is 672 g/mol. The minimum absolute atomic E-state index is 0.0341. The van der Waals surface area contributed by atoms with Gasteiger partial charge in [0.05, 0.1) is 24.5 Å². The van der Waals surface area contributed by atoms with Crippen LogP contribution in [0.1, 0.15) is 64.3 Å². The van der Waals surface area contributed by atoms with E-state index in [9.17, 15) is 19.2 Å². The first kappa shape index (κ1) is 34.1. The summed E-state index contributed by atoms with van der Waals surface area (Å²) in [5.41, 5.74) is 6.21. The molecule has 3 aliphatic rings. The van der Waals surface area contributed by atoms with E-state index in [0.29, 0.717) is 49.1 Å². The molecule has 0 aliphatic carbocycles. The van der Waals surface area contributed by atoms with E-state index in [2.05, 4.69) is 73.2 Å². The average Bonchev–Trinajstić information content (AvgIpc) is 3.78. The molecule has 8 rings (SSSR count). The maximum absolute atomic E-state index is 13.2. The van der Waals surface area contributed by atoms with Crippen LogP contribution in [0.2, 0.25) is 0 Å². The maximum Gasteiger partial charge on any atom is 0.328 e. The molecule has 3 N–H and O–H groups in total. The lowest BCUT2D eigenvalue weighted by Crippen LogP contribution is -2.50. The number of rotatable bonds is 9. The molecule has 3 aromatic heterocycles. The zero-order valence-corrected chi connectivity index (χ0v) is 29.8. The molecular formula is C39H42N10O4. The fourth-order valence-corrected chi connectivity index (χ4v) is 7.64. The Kier molecular flexibility index (Phi) is 9.12. The van der Waals surface area contributed by atoms with E-state index in [4.69, 9.17) is 0 Å². The molecule has 0 unspecified atom stereocenters. The number of piperidine rings is 1. The first-order chi connectivity index (χ1) is 25.7. The summed E-state index contributed by atoms with van der Waals surface area (Å²) in [6.07, 6.45) is 5.78. The molecule has 0 bridgehead atoms. The lowest BCUT2D eigenvalue weighted by atomic mass is 10.0. The van der Waals surface area contributed by atoms with E-state index >= 15 is 0 Å². The SMILES string of the molecule is C[C@@H]1CNC(=O)c2cc3ccc(C(=O)Nc4cnn(Cc5ccc(N6CCC(N(C)Cc7ccccc7N7CCC(=O)NC7=O)CC6)cc5)c4)nc3n21. The molecule has 6 heterocycles. The molecule has 5 aromatic rings. The van der Waals surface area contributed by atoms with Gasteiger partial charge in [0.1, 0.15) is 17.0 Å². The molecule has 3 aliphatic heterocycles. The number of aromatic nitrogens is 4. The molecule has 1 atom stereocenters. The molecule has 53 heavy (non-hydrogen) atoms. The summed E-state index contributed by atoms with van der Waals surface area (Å²) in [6.45, 7) is 6.07. The van der Waals surface area contributed by atoms with Gasteiger partial charge in [0, 0.05) is 68.1 Å². The lowest BCUT2D eigenvalue weighted by Gasteiger charge is -2.38. The molecule has 14 nitrogen and oxygen atoms in total. The minimum Gasteiger partial charge on any atom is -0.371 e. The number of hydrogen-bond acceptors (Lipinski definition) is 8. The number of nitrogens with zero attached hydrogens (tertiary/aromatic N) is 7. The quantitative estimate of drug-likeness (QED) is 0.204. The van der Waals surface area contributed by atoms with Crippen molar-refractivity contribution in [3.05, 3.63) is 102 Å². The summed E-state index contributed by atoms with van der Waals surface area (Å²) < 4.78 is 3.69. The van der Waals surface area contributed by atoms with E-state index < -0.39 is 0 Å². The molecule has 2 saturated heterocycles. The van der Waals surface area contributed by atoms with Gasteiger partial charge < -0.3 is 20.1 Å². The van der Waals surface area contributed by atoms with Gasteiger partial charge in [-0.25, -0.2) is 9.78 Å². The molecule has 0 spiro atoms. The second-order valence-corrected chi connectivity index (χ2v) is 14.1. The summed E-state index contributed by atoms with van der Waals surface area (Å²) in [7, 11) is 2.14. The Morgan fingerprint density at radius 2 is 1.79 bits per heavy atom. The predicted octanol–water partition coefficient (Wildman–Crippen LogP) is 4.38. The van der Waals surface area contributed by atoms with E-state index in [-0.39, 0.29) is 35.5 Å². The summed E-state index contributed by atoms with van der Waals surface area (Å²) in [4.78, 5) is 60.8. The summed E-state index contributed by atoms with van der Waals surface area (Å²) in [5, 5.41) is 13.5. The van der Waals surface area contributed by atoms with Crippen LogP contribution in [-0.2, 0) is 17.9 Å². The zero-order chi connectivity index (χ0) is 36.6. The van der Waals surface area contributed by atoms with Crippen LogP contribution in [0.15, 0.2) is 79.1 Å². The first-order valence-corrected chi connectivity index (χ1v) is 18.1. The number of urea groups is 1. The number of pyridine rings is 1. The van der Waals surface area contributed by atoms with E-state index in [1.165, 1.54) is 5.69 Å². The second-order valence-electron chi connectivity index (χ2n) is 14.1. The van der Waals surface area contributed by atoms with Crippen molar-refractivity contribution in [2.24, 2.45) is 0 Å². The Labute approximate surface area is 306 Å². The van der Waals surface area contributed by atoms with Crippen molar-refractivity contribution in [3.63, 3.8) is 0 Å². The normalized spacial score (nSPS) is 17.9. The van der Waals surface area contributed by atoms with Gasteiger partial charge in [0.15, 0.2) is 0 Å². The molecule has 5 amide bonds. The molecule has 0 saturated carbocycles. The largest absolute Gasteiger partial charge is 0.371 e. The zero-order valence-electron chi connectivity index (χ0n) is 29.8. The number of amides is 5. The Hall–Kier alpha value is -6.02. The van der Waals surface area contributed by atoms with Gasteiger partial charge in [0.25, 0.3) is 11.8 Å². The van der Waals surface area contributed by atoms with E-state index in [0.717, 1.165) is 54.7 Å². The van der Waals surface area contributed by atoms with Crippen LogP contribution >= 0.6 is 0 Å². The number of fused-ring (bicyclic) bond motifs is 3. The number of carbonyl (C=O) groups excluding carboxylic acids is 4. The molecule has 2 aromatic carbocycles. The van der Waals surface area contributed by atoms with Crippen LogP contribution in [0.25, 0.3) is 11.0 Å². The Morgan fingerprint density at radius 1 is 1.00 bits per heavy atom. The Balaban J connectivity index is 0.839. The fraction of sp³-hybridized carbons (Fsp3) is 0.333. The maximum atomic E-state index is 13.2. The molecule has 272 valence electrons. The van der Waals surface area contributed by atoms with Crippen molar-refractivity contribution in [1.29, 1.82) is 0 Å². The van der Waals surface area contributed by atoms with Gasteiger partial charge in [-0.3, -0.25) is 34.2 Å². The smallest absolute Gasteiger partial charge is 0.328 e. The van der Waals surface area contributed by atoms with Gasteiger partial charge in [-0.2, -0.15) is 5.10 Å². The van der Waals surface area contributed by atoms with Crippen molar-refractivity contribution in [2.45, 2.75) is 51.4 Å². The van der Waals surface area contributed by atoms with Gasteiger partial charge in [-0.05, 0) is 74.3 Å². The van der Waals surface area contributed by atoms with Gasteiger partial charge >= 0.3 is 6.03 Å². The predicted molar refractivity (Wildman–Crippen MR) is 201 cm³/mol. The summed E-state index contributed by atoms with van der Waals surface area (Å²) in [5.74, 6) is -0.712. The average molecular weight is 715 g/mol. The third-order valence-electron chi connectivity index (χ3n) is 10.5. The van der Waals surface area contributed by atoms with Crippen LogP contribution in [0.4, 0.5) is 21.9 Å².